The quantitative estimate of drug-likeness (QED) is 0.714. The summed E-state index contributed by atoms with van der Waals surface area (Å²) in [7, 11) is 0. The van der Waals surface area contributed by atoms with Crippen LogP contribution in [0.1, 0.15) is 37.2 Å². The Morgan fingerprint density at radius 1 is 1.33 bits per heavy atom. The molecular formula is C12H12ClFO. The van der Waals surface area contributed by atoms with Gasteiger partial charge in [0.1, 0.15) is 11.6 Å². The van der Waals surface area contributed by atoms with Gasteiger partial charge in [-0.25, -0.2) is 4.39 Å². The van der Waals surface area contributed by atoms with E-state index >= 15 is 0 Å². The van der Waals surface area contributed by atoms with Crippen molar-refractivity contribution in [2.75, 3.05) is 0 Å². The van der Waals surface area contributed by atoms with E-state index in [9.17, 15) is 9.18 Å². The lowest BCUT2D eigenvalue weighted by Gasteiger charge is -2.21. The first kappa shape index (κ1) is 10.6. The first-order chi connectivity index (χ1) is 7.18. The first-order valence-corrected chi connectivity index (χ1v) is 5.54. The maximum Gasteiger partial charge on any atom is 0.140 e. The van der Waals surface area contributed by atoms with Gasteiger partial charge in [0.25, 0.3) is 0 Å². The fourth-order valence-corrected chi connectivity index (χ4v) is 2.25. The van der Waals surface area contributed by atoms with Crippen molar-refractivity contribution in [3.8, 4) is 0 Å². The van der Waals surface area contributed by atoms with Crippen LogP contribution in [0.5, 0.6) is 0 Å². The van der Waals surface area contributed by atoms with Gasteiger partial charge in [0.2, 0.25) is 0 Å². The Kier molecular flexibility index (Phi) is 3.06. The highest BCUT2D eigenvalue weighted by Crippen LogP contribution is 2.32. The van der Waals surface area contributed by atoms with Crippen LogP contribution in [-0.4, -0.2) is 5.78 Å². The first-order valence-electron chi connectivity index (χ1n) is 5.16. The summed E-state index contributed by atoms with van der Waals surface area (Å²) in [5, 5.41) is 0.375. The molecule has 3 heteroatoms. The largest absolute Gasteiger partial charge is 0.299 e. The Labute approximate surface area is 93.2 Å². The van der Waals surface area contributed by atoms with Gasteiger partial charge in [-0.05, 0) is 30.5 Å². The topological polar surface area (TPSA) is 17.1 Å². The molecule has 0 radical (unpaired) electrons. The molecule has 1 atom stereocenters. The van der Waals surface area contributed by atoms with Crippen LogP contribution in [-0.2, 0) is 4.79 Å². The second-order valence-electron chi connectivity index (χ2n) is 3.93. The van der Waals surface area contributed by atoms with E-state index < -0.39 is 0 Å². The summed E-state index contributed by atoms with van der Waals surface area (Å²) in [6.45, 7) is 0. The van der Waals surface area contributed by atoms with E-state index in [1.807, 2.05) is 0 Å². The SMILES string of the molecule is O=C1CCCCC1c1ccc(Cl)cc1F. The number of benzene rings is 1. The van der Waals surface area contributed by atoms with Crippen LogP contribution >= 0.6 is 11.6 Å². The second-order valence-corrected chi connectivity index (χ2v) is 4.37. The number of ketones is 1. The van der Waals surface area contributed by atoms with Crippen molar-refractivity contribution >= 4 is 17.4 Å². The van der Waals surface area contributed by atoms with Crippen molar-refractivity contribution in [3.63, 3.8) is 0 Å². The van der Waals surface area contributed by atoms with Crippen molar-refractivity contribution < 1.29 is 9.18 Å². The van der Waals surface area contributed by atoms with Crippen LogP contribution in [0.15, 0.2) is 18.2 Å². The maximum absolute atomic E-state index is 13.6. The molecule has 0 spiro atoms. The maximum atomic E-state index is 13.6. The average molecular weight is 227 g/mol. The monoisotopic (exact) mass is 226 g/mol. The lowest BCUT2D eigenvalue weighted by Crippen LogP contribution is -2.18. The van der Waals surface area contributed by atoms with E-state index in [-0.39, 0.29) is 17.5 Å². The van der Waals surface area contributed by atoms with Gasteiger partial charge in [-0.15, -0.1) is 0 Å². The molecule has 15 heavy (non-hydrogen) atoms. The minimum atomic E-state index is -0.359. The van der Waals surface area contributed by atoms with Crippen molar-refractivity contribution in [1.29, 1.82) is 0 Å². The van der Waals surface area contributed by atoms with Gasteiger partial charge in [0.05, 0.1) is 0 Å². The third kappa shape index (κ3) is 2.20. The molecule has 80 valence electrons. The lowest BCUT2D eigenvalue weighted by molar-refractivity contribution is -0.121. The molecule has 1 saturated carbocycles. The fraction of sp³-hybridized carbons (Fsp3) is 0.417. The zero-order valence-corrected chi connectivity index (χ0v) is 9.06. The molecule has 0 saturated heterocycles. The van der Waals surface area contributed by atoms with Gasteiger partial charge in [-0.3, -0.25) is 4.79 Å². The predicted molar refractivity (Wildman–Crippen MR) is 57.6 cm³/mol. The Morgan fingerprint density at radius 2 is 2.13 bits per heavy atom. The van der Waals surface area contributed by atoms with E-state index in [4.69, 9.17) is 11.6 Å². The van der Waals surface area contributed by atoms with Crippen LogP contribution in [0.25, 0.3) is 0 Å². The van der Waals surface area contributed by atoms with Gasteiger partial charge < -0.3 is 0 Å². The van der Waals surface area contributed by atoms with Crippen LogP contribution < -0.4 is 0 Å². The van der Waals surface area contributed by atoms with E-state index in [1.54, 1.807) is 12.1 Å². The highest BCUT2D eigenvalue weighted by Gasteiger charge is 2.25. The summed E-state index contributed by atoms with van der Waals surface area (Å²) in [4.78, 5) is 11.6. The standard InChI is InChI=1S/C12H12ClFO/c13-8-5-6-9(11(14)7-8)10-3-1-2-4-12(10)15/h5-7,10H,1-4H2. The molecule has 1 aromatic carbocycles. The van der Waals surface area contributed by atoms with Gasteiger partial charge in [0.15, 0.2) is 0 Å². The number of carbonyl (C=O) groups is 1. The Morgan fingerprint density at radius 3 is 2.80 bits per heavy atom. The minimum Gasteiger partial charge on any atom is -0.299 e. The molecule has 0 aliphatic heterocycles. The average Bonchev–Trinajstić information content (AvgIpc) is 2.20. The molecule has 0 heterocycles. The number of Topliss-reactive ketones (excluding diaryl/α,β-unsaturated/α-hetero) is 1. The Hall–Kier alpha value is -0.890. The molecule has 0 N–H and O–H groups in total. The van der Waals surface area contributed by atoms with E-state index in [1.165, 1.54) is 6.07 Å². The fourth-order valence-electron chi connectivity index (χ4n) is 2.10. The van der Waals surface area contributed by atoms with E-state index in [2.05, 4.69) is 0 Å². The smallest absolute Gasteiger partial charge is 0.140 e. The van der Waals surface area contributed by atoms with Gasteiger partial charge in [0, 0.05) is 17.4 Å². The van der Waals surface area contributed by atoms with Gasteiger partial charge in [-0.1, -0.05) is 24.1 Å². The number of hydrogen-bond acceptors (Lipinski definition) is 1. The van der Waals surface area contributed by atoms with Crippen LogP contribution in [0.2, 0.25) is 5.02 Å². The second kappa shape index (κ2) is 4.31. The zero-order chi connectivity index (χ0) is 10.8. The van der Waals surface area contributed by atoms with E-state index in [0.717, 1.165) is 19.3 Å². The molecule has 1 aliphatic carbocycles. The van der Waals surface area contributed by atoms with Crippen molar-refractivity contribution in [2.45, 2.75) is 31.6 Å². The Balaban J connectivity index is 2.31. The number of halogens is 2. The highest BCUT2D eigenvalue weighted by atomic mass is 35.5. The number of hydrogen-bond donors (Lipinski definition) is 0. The van der Waals surface area contributed by atoms with E-state index in [0.29, 0.717) is 17.0 Å². The van der Waals surface area contributed by atoms with Crippen LogP contribution in [0.3, 0.4) is 0 Å². The summed E-state index contributed by atoms with van der Waals surface area (Å²) >= 11 is 5.67. The molecule has 1 unspecified atom stereocenters. The zero-order valence-electron chi connectivity index (χ0n) is 8.30. The summed E-state index contributed by atoms with van der Waals surface area (Å²) in [5.74, 6) is -0.457. The molecule has 0 bridgehead atoms. The third-order valence-electron chi connectivity index (χ3n) is 2.89. The lowest BCUT2D eigenvalue weighted by atomic mass is 9.83. The van der Waals surface area contributed by atoms with Crippen molar-refractivity contribution in [1.82, 2.24) is 0 Å². The molecular weight excluding hydrogens is 215 g/mol. The van der Waals surface area contributed by atoms with Crippen LogP contribution in [0, 0.1) is 5.82 Å². The number of rotatable bonds is 1. The molecule has 1 nitrogen and oxygen atoms in total. The van der Waals surface area contributed by atoms with Crippen LogP contribution in [0.4, 0.5) is 4.39 Å². The third-order valence-corrected chi connectivity index (χ3v) is 3.13. The molecule has 2 rings (SSSR count). The molecule has 1 aromatic rings. The highest BCUT2D eigenvalue weighted by molar-refractivity contribution is 6.30. The van der Waals surface area contributed by atoms with Gasteiger partial charge in [-0.2, -0.15) is 0 Å². The molecule has 0 amide bonds. The van der Waals surface area contributed by atoms with Gasteiger partial charge >= 0.3 is 0 Å². The predicted octanol–water partition coefficient (Wildman–Crippen LogP) is 3.71. The molecule has 0 aromatic heterocycles. The summed E-state index contributed by atoms with van der Waals surface area (Å²) in [5.41, 5.74) is 0.504. The summed E-state index contributed by atoms with van der Waals surface area (Å²) < 4.78 is 13.6. The normalized spacial score (nSPS) is 21.7. The minimum absolute atomic E-state index is 0.155. The van der Waals surface area contributed by atoms with Crippen molar-refractivity contribution in [2.24, 2.45) is 0 Å². The summed E-state index contributed by atoms with van der Waals surface area (Å²) in [6, 6.07) is 4.55. The number of carbonyl (C=O) groups excluding carboxylic acids is 1. The Bertz CT molecular complexity index is 389. The molecule has 1 fully saturated rings. The van der Waals surface area contributed by atoms with Crippen molar-refractivity contribution in [3.05, 3.63) is 34.6 Å². The molecule has 1 aliphatic rings. The summed E-state index contributed by atoms with van der Waals surface area (Å²) in [6.07, 6.45) is 3.27.